The summed E-state index contributed by atoms with van der Waals surface area (Å²) in [6, 6.07) is 16.9. The van der Waals surface area contributed by atoms with Crippen LogP contribution in [0, 0.1) is 6.92 Å². The highest BCUT2D eigenvalue weighted by Crippen LogP contribution is 2.31. The number of esters is 2. The molecule has 2 heterocycles. The normalized spacial score (nSPS) is 19.7. The highest BCUT2D eigenvalue weighted by molar-refractivity contribution is 5.90. The smallest absolute Gasteiger partial charge is 0.338 e. The van der Waals surface area contributed by atoms with E-state index in [1.165, 1.54) is 10.8 Å². The second kappa shape index (κ2) is 9.66. The average molecular weight is 450 g/mol. The van der Waals surface area contributed by atoms with E-state index in [2.05, 4.69) is 4.98 Å². The van der Waals surface area contributed by atoms with Crippen molar-refractivity contribution in [3.63, 3.8) is 0 Å². The van der Waals surface area contributed by atoms with Gasteiger partial charge in [0.25, 0.3) is 5.56 Å². The molecule has 0 bridgehead atoms. The fourth-order valence-electron chi connectivity index (χ4n) is 3.54. The fourth-order valence-corrected chi connectivity index (χ4v) is 3.54. The SMILES string of the molecule is Cc1cn([C@@H]2C[C@H](OC(=O)c3ccccc3)[C@H](COC(=O)c3ccccc3)O2)c(=O)[nH]c1=O. The lowest BCUT2D eigenvalue weighted by Gasteiger charge is -2.19. The topological polar surface area (TPSA) is 117 Å². The van der Waals surface area contributed by atoms with Gasteiger partial charge in [-0.3, -0.25) is 14.3 Å². The number of aryl methyl sites for hydroxylation is 1. The summed E-state index contributed by atoms with van der Waals surface area (Å²) in [4.78, 5) is 51.2. The first kappa shape index (κ1) is 22.2. The fraction of sp³-hybridized carbons (Fsp3) is 0.250. The largest absolute Gasteiger partial charge is 0.459 e. The van der Waals surface area contributed by atoms with E-state index in [0.29, 0.717) is 16.7 Å². The first-order chi connectivity index (χ1) is 15.9. The van der Waals surface area contributed by atoms with Crippen molar-refractivity contribution < 1.29 is 23.8 Å². The number of carbonyl (C=O) groups excluding carboxylic acids is 2. The maximum atomic E-state index is 12.6. The van der Waals surface area contributed by atoms with E-state index in [1.807, 2.05) is 0 Å². The van der Waals surface area contributed by atoms with Crippen molar-refractivity contribution in [1.82, 2.24) is 9.55 Å². The van der Waals surface area contributed by atoms with Gasteiger partial charge in [-0.1, -0.05) is 36.4 Å². The van der Waals surface area contributed by atoms with Crippen LogP contribution < -0.4 is 11.2 Å². The zero-order chi connectivity index (χ0) is 23.4. The molecule has 3 aromatic rings. The number of hydrogen-bond donors (Lipinski definition) is 1. The lowest BCUT2D eigenvalue weighted by atomic mass is 10.1. The van der Waals surface area contributed by atoms with Crippen molar-refractivity contribution in [1.29, 1.82) is 0 Å². The summed E-state index contributed by atoms with van der Waals surface area (Å²) in [5.41, 5.74) is -0.0781. The number of carbonyl (C=O) groups is 2. The number of ether oxygens (including phenoxy) is 3. The third kappa shape index (κ3) is 5.09. The number of rotatable bonds is 6. The van der Waals surface area contributed by atoms with Crippen molar-refractivity contribution in [2.75, 3.05) is 6.61 Å². The highest BCUT2D eigenvalue weighted by atomic mass is 16.6. The summed E-state index contributed by atoms with van der Waals surface area (Å²) in [6.07, 6.45) is -0.889. The summed E-state index contributed by atoms with van der Waals surface area (Å²) in [7, 11) is 0. The van der Waals surface area contributed by atoms with Gasteiger partial charge in [0.05, 0.1) is 11.1 Å². The summed E-state index contributed by atoms with van der Waals surface area (Å²) < 4.78 is 18.2. The van der Waals surface area contributed by atoms with Crippen LogP contribution in [0.4, 0.5) is 0 Å². The van der Waals surface area contributed by atoms with E-state index < -0.39 is 41.6 Å². The van der Waals surface area contributed by atoms with E-state index in [9.17, 15) is 19.2 Å². The lowest BCUT2D eigenvalue weighted by molar-refractivity contribution is -0.0582. The van der Waals surface area contributed by atoms with E-state index in [1.54, 1.807) is 67.6 Å². The Kier molecular flexibility index (Phi) is 6.50. The quantitative estimate of drug-likeness (QED) is 0.572. The van der Waals surface area contributed by atoms with E-state index >= 15 is 0 Å². The number of benzene rings is 2. The molecule has 1 aliphatic rings. The number of H-pyrrole nitrogens is 1. The molecule has 9 nitrogen and oxygen atoms in total. The van der Waals surface area contributed by atoms with Crippen LogP contribution in [-0.4, -0.2) is 40.3 Å². The molecule has 0 aliphatic carbocycles. The third-order valence-corrected chi connectivity index (χ3v) is 5.29. The third-order valence-electron chi connectivity index (χ3n) is 5.29. The second-order valence-electron chi connectivity index (χ2n) is 7.62. The standard InChI is InChI=1S/C24H22N2O7/c1-15-13-26(24(30)25-21(15)27)20-12-18(33-23(29)17-10-6-3-7-11-17)19(32-20)14-31-22(28)16-8-4-2-5-9-16/h2-11,13,18-20H,12,14H2,1H3,(H,25,27,30)/t18-,19-,20-/m0/s1. The van der Waals surface area contributed by atoms with Gasteiger partial charge in [-0.25, -0.2) is 14.4 Å². The van der Waals surface area contributed by atoms with Crippen LogP contribution in [0.1, 0.15) is 38.9 Å². The van der Waals surface area contributed by atoms with Crippen molar-refractivity contribution in [3.8, 4) is 0 Å². The molecule has 1 aliphatic heterocycles. The zero-order valence-electron chi connectivity index (χ0n) is 17.8. The van der Waals surface area contributed by atoms with Gasteiger partial charge in [-0.15, -0.1) is 0 Å². The highest BCUT2D eigenvalue weighted by Gasteiger charge is 2.40. The molecule has 170 valence electrons. The summed E-state index contributed by atoms with van der Waals surface area (Å²) in [6.45, 7) is 1.38. The van der Waals surface area contributed by atoms with E-state index in [-0.39, 0.29) is 13.0 Å². The molecule has 1 aromatic heterocycles. The number of aromatic amines is 1. The minimum absolute atomic E-state index is 0.136. The number of nitrogens with one attached hydrogen (secondary N) is 1. The maximum absolute atomic E-state index is 12.6. The molecule has 3 atom stereocenters. The van der Waals surface area contributed by atoms with Crippen LogP contribution in [-0.2, 0) is 14.2 Å². The Morgan fingerprint density at radius 1 is 1.00 bits per heavy atom. The monoisotopic (exact) mass is 450 g/mol. The van der Waals surface area contributed by atoms with Crippen LogP contribution in [0.5, 0.6) is 0 Å². The van der Waals surface area contributed by atoms with Gasteiger partial charge >= 0.3 is 17.6 Å². The van der Waals surface area contributed by atoms with Crippen LogP contribution in [0.25, 0.3) is 0 Å². The predicted molar refractivity (Wildman–Crippen MR) is 117 cm³/mol. The molecule has 33 heavy (non-hydrogen) atoms. The summed E-state index contributed by atoms with van der Waals surface area (Å²) in [5.74, 6) is -1.11. The molecule has 1 fully saturated rings. The molecule has 9 heteroatoms. The van der Waals surface area contributed by atoms with E-state index in [4.69, 9.17) is 14.2 Å². The minimum atomic E-state index is -0.818. The second-order valence-corrected chi connectivity index (χ2v) is 7.62. The first-order valence-corrected chi connectivity index (χ1v) is 10.4. The van der Waals surface area contributed by atoms with E-state index in [0.717, 1.165) is 0 Å². The Balaban J connectivity index is 1.53. The predicted octanol–water partition coefficient (Wildman–Crippen LogP) is 2.22. The van der Waals surface area contributed by atoms with Gasteiger partial charge in [-0.2, -0.15) is 0 Å². The lowest BCUT2D eigenvalue weighted by Crippen LogP contribution is -2.33. The van der Waals surface area contributed by atoms with Gasteiger partial charge in [0.2, 0.25) is 0 Å². The Bertz CT molecular complexity index is 1250. The number of nitrogens with zero attached hydrogens (tertiary/aromatic N) is 1. The Hall–Kier alpha value is -3.98. The van der Waals surface area contributed by atoms with Crippen LogP contribution in [0.2, 0.25) is 0 Å². The maximum Gasteiger partial charge on any atom is 0.338 e. The molecule has 0 unspecified atom stereocenters. The van der Waals surface area contributed by atoms with Gasteiger partial charge in [0.1, 0.15) is 25.0 Å². The Morgan fingerprint density at radius 3 is 2.24 bits per heavy atom. The molecular formula is C24H22N2O7. The van der Waals surface area contributed by atoms with Gasteiger partial charge in [0, 0.05) is 18.2 Å². The molecule has 0 spiro atoms. The Morgan fingerprint density at radius 2 is 1.61 bits per heavy atom. The number of aromatic nitrogens is 2. The average Bonchev–Trinajstić information content (AvgIpc) is 3.23. The molecule has 0 radical (unpaired) electrons. The summed E-state index contributed by atoms with van der Waals surface area (Å²) in [5, 5.41) is 0. The van der Waals surface area contributed by atoms with Crippen LogP contribution >= 0.6 is 0 Å². The van der Waals surface area contributed by atoms with Gasteiger partial charge in [-0.05, 0) is 31.2 Å². The van der Waals surface area contributed by atoms with Gasteiger partial charge in [0.15, 0.2) is 0 Å². The molecule has 1 N–H and O–H groups in total. The minimum Gasteiger partial charge on any atom is -0.459 e. The molecule has 1 saturated heterocycles. The molecule has 4 rings (SSSR count). The summed E-state index contributed by atoms with van der Waals surface area (Å²) >= 11 is 0. The first-order valence-electron chi connectivity index (χ1n) is 10.4. The molecular weight excluding hydrogens is 428 g/mol. The number of hydrogen-bond acceptors (Lipinski definition) is 7. The molecule has 2 aromatic carbocycles. The molecule has 0 amide bonds. The zero-order valence-corrected chi connectivity index (χ0v) is 17.8. The molecule has 0 saturated carbocycles. The van der Waals surface area contributed by atoms with Crippen LogP contribution in [0.3, 0.4) is 0 Å². The van der Waals surface area contributed by atoms with Crippen molar-refractivity contribution in [2.24, 2.45) is 0 Å². The van der Waals surface area contributed by atoms with Crippen molar-refractivity contribution in [3.05, 3.63) is 104 Å². The van der Waals surface area contributed by atoms with Crippen molar-refractivity contribution in [2.45, 2.75) is 31.8 Å². The van der Waals surface area contributed by atoms with Gasteiger partial charge < -0.3 is 14.2 Å². The Labute approximate surface area is 188 Å². The van der Waals surface area contributed by atoms with Crippen LogP contribution in [0.15, 0.2) is 76.4 Å². The van der Waals surface area contributed by atoms with Crippen molar-refractivity contribution >= 4 is 11.9 Å².